The van der Waals surface area contributed by atoms with Gasteiger partial charge in [0, 0.05) is 12.6 Å². The number of hydrogen-bond donors (Lipinski definition) is 1. The molecule has 0 aliphatic rings. The summed E-state index contributed by atoms with van der Waals surface area (Å²) in [5.41, 5.74) is 4.59. The predicted octanol–water partition coefficient (Wildman–Crippen LogP) is 0.940. The second kappa shape index (κ2) is 4.75. The maximum absolute atomic E-state index is 11.6. The molecule has 0 saturated carbocycles. The number of nitrogens with two attached hydrogens (primary N) is 1. The van der Waals surface area contributed by atoms with Crippen LogP contribution in [0.1, 0.15) is 27.7 Å². The number of esters is 1. The van der Waals surface area contributed by atoms with Crippen LogP contribution < -0.4 is 5.73 Å². The van der Waals surface area contributed by atoms with E-state index in [2.05, 4.69) is 0 Å². The van der Waals surface area contributed by atoms with Crippen LogP contribution >= 0.6 is 0 Å². The van der Waals surface area contributed by atoms with Gasteiger partial charge in [-0.25, -0.2) is 0 Å². The number of methoxy groups -OCH3 is 1. The highest BCUT2D eigenvalue weighted by Crippen LogP contribution is 2.29. The second-order valence-corrected chi connectivity index (χ2v) is 4.48. The fourth-order valence-corrected chi connectivity index (χ4v) is 0.661. The molecule has 0 fully saturated rings. The highest BCUT2D eigenvalue weighted by molar-refractivity contribution is 5.77. The average Bonchev–Trinajstić information content (AvgIpc) is 2.02. The van der Waals surface area contributed by atoms with Gasteiger partial charge in [0.25, 0.3) is 0 Å². The molecule has 14 heavy (non-hydrogen) atoms. The third-order valence-corrected chi connectivity index (χ3v) is 2.64. The molecule has 0 aliphatic carbocycles. The van der Waals surface area contributed by atoms with Gasteiger partial charge in [-0.05, 0) is 27.7 Å². The highest BCUT2D eigenvalue weighted by atomic mass is 16.6. The van der Waals surface area contributed by atoms with Gasteiger partial charge in [0.1, 0.15) is 6.61 Å². The molecule has 0 heterocycles. The Kier molecular flexibility index (Phi) is 4.55. The van der Waals surface area contributed by atoms with Crippen molar-refractivity contribution in [2.24, 2.45) is 11.1 Å². The van der Waals surface area contributed by atoms with Gasteiger partial charge in [-0.3, -0.25) is 4.79 Å². The first-order valence-corrected chi connectivity index (χ1v) is 4.68. The van der Waals surface area contributed by atoms with E-state index in [4.69, 9.17) is 15.2 Å². The summed E-state index contributed by atoms with van der Waals surface area (Å²) in [6, 6.07) is 0. The van der Waals surface area contributed by atoms with Crippen LogP contribution in [-0.4, -0.2) is 31.8 Å². The standard InChI is InChI=1S/C10H21NO3/c1-9(2,10(3,4)11)8(12)14-7-6-13-5/h6-7,11H2,1-5H3. The molecule has 0 rings (SSSR count). The van der Waals surface area contributed by atoms with Crippen LogP contribution in [0.3, 0.4) is 0 Å². The molecule has 0 saturated heterocycles. The van der Waals surface area contributed by atoms with Crippen molar-refractivity contribution in [2.45, 2.75) is 33.2 Å². The Morgan fingerprint density at radius 2 is 1.71 bits per heavy atom. The number of rotatable bonds is 5. The highest BCUT2D eigenvalue weighted by Gasteiger charge is 2.41. The minimum atomic E-state index is -0.694. The summed E-state index contributed by atoms with van der Waals surface area (Å²) >= 11 is 0. The number of carbonyl (C=O) groups is 1. The van der Waals surface area contributed by atoms with Crippen molar-refractivity contribution in [3.8, 4) is 0 Å². The molecule has 0 radical (unpaired) electrons. The largest absolute Gasteiger partial charge is 0.463 e. The van der Waals surface area contributed by atoms with Gasteiger partial charge in [-0.2, -0.15) is 0 Å². The summed E-state index contributed by atoms with van der Waals surface area (Å²) in [4.78, 5) is 11.6. The molecule has 2 N–H and O–H groups in total. The van der Waals surface area contributed by atoms with Gasteiger partial charge in [-0.1, -0.05) is 0 Å². The van der Waals surface area contributed by atoms with Gasteiger partial charge in [0.15, 0.2) is 0 Å². The van der Waals surface area contributed by atoms with Crippen molar-refractivity contribution < 1.29 is 14.3 Å². The lowest BCUT2D eigenvalue weighted by Gasteiger charge is -2.35. The van der Waals surface area contributed by atoms with E-state index in [0.717, 1.165) is 0 Å². The van der Waals surface area contributed by atoms with Gasteiger partial charge in [-0.15, -0.1) is 0 Å². The topological polar surface area (TPSA) is 61.5 Å². The molecule has 84 valence electrons. The van der Waals surface area contributed by atoms with E-state index in [9.17, 15) is 4.79 Å². The first-order valence-electron chi connectivity index (χ1n) is 4.68. The summed E-state index contributed by atoms with van der Waals surface area (Å²) in [6.07, 6.45) is 0. The minimum Gasteiger partial charge on any atom is -0.463 e. The predicted molar refractivity (Wildman–Crippen MR) is 54.9 cm³/mol. The molecule has 0 bridgehead atoms. The van der Waals surface area contributed by atoms with Crippen molar-refractivity contribution in [1.82, 2.24) is 0 Å². The van der Waals surface area contributed by atoms with E-state index in [-0.39, 0.29) is 12.6 Å². The maximum atomic E-state index is 11.6. The smallest absolute Gasteiger partial charge is 0.313 e. The van der Waals surface area contributed by atoms with E-state index in [1.165, 1.54) is 0 Å². The van der Waals surface area contributed by atoms with Gasteiger partial charge >= 0.3 is 5.97 Å². The second-order valence-electron chi connectivity index (χ2n) is 4.48. The van der Waals surface area contributed by atoms with Crippen molar-refractivity contribution in [2.75, 3.05) is 20.3 Å². The van der Waals surface area contributed by atoms with Crippen LogP contribution in [0.15, 0.2) is 0 Å². The van der Waals surface area contributed by atoms with Crippen LogP contribution in [0.25, 0.3) is 0 Å². The molecule has 0 aromatic carbocycles. The number of ether oxygens (including phenoxy) is 2. The molecule has 0 aliphatic heterocycles. The summed E-state index contributed by atoms with van der Waals surface area (Å²) in [5.74, 6) is -0.290. The van der Waals surface area contributed by atoms with Crippen LogP contribution in [0.5, 0.6) is 0 Å². The Morgan fingerprint density at radius 3 is 2.07 bits per heavy atom. The minimum absolute atomic E-state index is 0.273. The van der Waals surface area contributed by atoms with E-state index >= 15 is 0 Å². The molecule has 0 aromatic heterocycles. The molecule has 0 spiro atoms. The Labute approximate surface area is 85.8 Å². The third-order valence-electron chi connectivity index (χ3n) is 2.64. The van der Waals surface area contributed by atoms with Crippen LogP contribution in [0, 0.1) is 5.41 Å². The number of hydrogen-bond acceptors (Lipinski definition) is 4. The first kappa shape index (κ1) is 13.4. The lowest BCUT2D eigenvalue weighted by atomic mass is 9.75. The Morgan fingerprint density at radius 1 is 1.21 bits per heavy atom. The number of carbonyl (C=O) groups excluding carboxylic acids is 1. The van der Waals surface area contributed by atoms with E-state index in [0.29, 0.717) is 6.61 Å². The fraction of sp³-hybridized carbons (Fsp3) is 0.900. The third kappa shape index (κ3) is 3.27. The molecule has 0 amide bonds. The van der Waals surface area contributed by atoms with Crippen LogP contribution in [-0.2, 0) is 14.3 Å². The Balaban J connectivity index is 4.23. The first-order chi connectivity index (χ1) is 6.23. The van der Waals surface area contributed by atoms with E-state index in [1.54, 1.807) is 21.0 Å². The van der Waals surface area contributed by atoms with Gasteiger partial charge < -0.3 is 15.2 Å². The normalized spacial score (nSPS) is 12.7. The van der Waals surface area contributed by atoms with Crippen LogP contribution in [0.2, 0.25) is 0 Å². The zero-order chi connectivity index (χ0) is 11.4. The average molecular weight is 203 g/mol. The van der Waals surface area contributed by atoms with Crippen molar-refractivity contribution in [3.05, 3.63) is 0 Å². The summed E-state index contributed by atoms with van der Waals surface area (Å²) in [7, 11) is 1.56. The fourth-order valence-electron chi connectivity index (χ4n) is 0.661. The maximum Gasteiger partial charge on any atom is 0.313 e. The molecule has 0 aromatic rings. The van der Waals surface area contributed by atoms with E-state index in [1.807, 2.05) is 13.8 Å². The summed E-state index contributed by atoms with van der Waals surface area (Å²) in [5, 5.41) is 0. The molecular weight excluding hydrogens is 182 g/mol. The Bertz CT molecular complexity index is 194. The van der Waals surface area contributed by atoms with Gasteiger partial charge in [0.05, 0.1) is 12.0 Å². The molecule has 0 atom stereocenters. The SMILES string of the molecule is COCCOC(=O)C(C)(C)C(C)(C)N. The lowest BCUT2D eigenvalue weighted by molar-refractivity contribution is -0.158. The lowest BCUT2D eigenvalue weighted by Crippen LogP contribution is -2.52. The van der Waals surface area contributed by atoms with E-state index < -0.39 is 11.0 Å². The van der Waals surface area contributed by atoms with Crippen molar-refractivity contribution >= 4 is 5.97 Å². The zero-order valence-corrected chi connectivity index (χ0v) is 9.72. The van der Waals surface area contributed by atoms with Crippen molar-refractivity contribution in [1.29, 1.82) is 0 Å². The summed E-state index contributed by atoms with van der Waals surface area (Å²) in [6.45, 7) is 7.86. The quantitative estimate of drug-likeness (QED) is 0.533. The molecule has 4 heteroatoms. The molecule has 0 unspecified atom stereocenters. The van der Waals surface area contributed by atoms with Gasteiger partial charge in [0.2, 0.25) is 0 Å². The monoisotopic (exact) mass is 203 g/mol. The zero-order valence-electron chi connectivity index (χ0n) is 9.72. The molecule has 4 nitrogen and oxygen atoms in total. The van der Waals surface area contributed by atoms with Crippen LogP contribution in [0.4, 0.5) is 0 Å². The Hall–Kier alpha value is -0.610. The van der Waals surface area contributed by atoms with Crippen molar-refractivity contribution in [3.63, 3.8) is 0 Å². The molecular formula is C10H21NO3. The summed E-state index contributed by atoms with van der Waals surface area (Å²) < 4.78 is 9.81.